The van der Waals surface area contributed by atoms with E-state index >= 15 is 0 Å². The Hall–Kier alpha value is -0.610. The van der Waals surface area contributed by atoms with Gasteiger partial charge < -0.3 is 15.0 Å². The summed E-state index contributed by atoms with van der Waals surface area (Å²) in [7, 11) is 2.19. The van der Waals surface area contributed by atoms with Gasteiger partial charge in [-0.3, -0.25) is 0 Å². The van der Waals surface area contributed by atoms with Gasteiger partial charge in [0.25, 0.3) is 0 Å². The van der Waals surface area contributed by atoms with Crippen LogP contribution in [0.4, 0.5) is 0 Å². The molecule has 3 nitrogen and oxygen atoms in total. The molecular formula is C17H27ClN2O. The van der Waals surface area contributed by atoms with Gasteiger partial charge >= 0.3 is 0 Å². The van der Waals surface area contributed by atoms with E-state index in [9.17, 15) is 0 Å². The van der Waals surface area contributed by atoms with Crippen LogP contribution >= 0.6 is 11.6 Å². The van der Waals surface area contributed by atoms with E-state index in [0.717, 1.165) is 57.3 Å². The van der Waals surface area contributed by atoms with Crippen molar-refractivity contribution in [1.82, 2.24) is 10.2 Å². The van der Waals surface area contributed by atoms with Gasteiger partial charge in [0.2, 0.25) is 0 Å². The highest BCUT2D eigenvalue weighted by Crippen LogP contribution is 2.31. The van der Waals surface area contributed by atoms with Crippen molar-refractivity contribution in [1.29, 1.82) is 0 Å². The van der Waals surface area contributed by atoms with Gasteiger partial charge in [0.1, 0.15) is 0 Å². The predicted octanol–water partition coefficient (Wildman–Crippen LogP) is 3.18. The summed E-state index contributed by atoms with van der Waals surface area (Å²) < 4.78 is 5.56. The summed E-state index contributed by atoms with van der Waals surface area (Å²) in [5.74, 6) is 0. The van der Waals surface area contributed by atoms with Crippen molar-refractivity contribution >= 4 is 11.6 Å². The largest absolute Gasteiger partial charge is 0.381 e. The van der Waals surface area contributed by atoms with Gasteiger partial charge in [-0.25, -0.2) is 0 Å². The Morgan fingerprint density at radius 3 is 2.67 bits per heavy atom. The number of nitrogens with one attached hydrogen (secondary N) is 1. The molecule has 118 valence electrons. The minimum atomic E-state index is 0.324. The fourth-order valence-electron chi connectivity index (χ4n) is 3.13. The Bertz CT molecular complexity index is 433. The summed E-state index contributed by atoms with van der Waals surface area (Å²) in [6.45, 7) is 8.00. The number of halogens is 1. The van der Waals surface area contributed by atoms with Crippen LogP contribution in [0.1, 0.15) is 25.3 Å². The maximum atomic E-state index is 6.27. The molecule has 1 fully saturated rings. The number of benzene rings is 1. The van der Waals surface area contributed by atoms with E-state index in [1.54, 1.807) is 0 Å². The second kappa shape index (κ2) is 8.14. The summed E-state index contributed by atoms with van der Waals surface area (Å²) in [4.78, 5) is 2.39. The number of ether oxygens (including phenoxy) is 1. The second-order valence-corrected chi connectivity index (χ2v) is 6.56. The molecule has 0 aliphatic carbocycles. The standard InChI is InChI=1S/C17H27ClN2O/c1-3-19-13-17(8-10-21-11-9-17)14-20(2)12-15-6-4-5-7-16(15)18/h4-7,19H,3,8-14H2,1-2H3. The summed E-state index contributed by atoms with van der Waals surface area (Å²) >= 11 is 6.27. The minimum Gasteiger partial charge on any atom is -0.381 e. The first kappa shape index (κ1) is 16.8. The average Bonchev–Trinajstić information content (AvgIpc) is 2.48. The molecule has 0 atom stereocenters. The quantitative estimate of drug-likeness (QED) is 0.837. The van der Waals surface area contributed by atoms with E-state index in [-0.39, 0.29) is 0 Å². The maximum absolute atomic E-state index is 6.27. The summed E-state index contributed by atoms with van der Waals surface area (Å²) in [6, 6.07) is 8.11. The van der Waals surface area contributed by atoms with Crippen LogP contribution in [-0.4, -0.2) is 44.8 Å². The van der Waals surface area contributed by atoms with Gasteiger partial charge in [-0.05, 0) is 43.5 Å². The van der Waals surface area contributed by atoms with Crippen molar-refractivity contribution in [2.75, 3.05) is 39.9 Å². The first-order chi connectivity index (χ1) is 10.2. The zero-order chi connectivity index (χ0) is 15.1. The molecule has 0 saturated carbocycles. The van der Waals surface area contributed by atoms with E-state index in [1.165, 1.54) is 5.56 Å². The number of hydrogen-bond acceptors (Lipinski definition) is 3. The molecule has 0 radical (unpaired) electrons. The van der Waals surface area contributed by atoms with Gasteiger partial charge in [0, 0.05) is 37.9 Å². The van der Waals surface area contributed by atoms with Gasteiger partial charge in [0.15, 0.2) is 0 Å². The highest BCUT2D eigenvalue weighted by molar-refractivity contribution is 6.31. The van der Waals surface area contributed by atoms with Crippen LogP contribution < -0.4 is 5.32 Å². The Morgan fingerprint density at radius 1 is 1.29 bits per heavy atom. The van der Waals surface area contributed by atoms with Crippen LogP contribution in [0.25, 0.3) is 0 Å². The minimum absolute atomic E-state index is 0.324. The van der Waals surface area contributed by atoms with Crippen molar-refractivity contribution in [3.63, 3.8) is 0 Å². The van der Waals surface area contributed by atoms with Crippen molar-refractivity contribution in [2.45, 2.75) is 26.3 Å². The summed E-state index contributed by atoms with van der Waals surface area (Å²) in [6.07, 6.45) is 2.26. The Morgan fingerprint density at radius 2 is 2.00 bits per heavy atom. The Labute approximate surface area is 133 Å². The molecule has 2 rings (SSSR count). The number of hydrogen-bond donors (Lipinski definition) is 1. The fraction of sp³-hybridized carbons (Fsp3) is 0.647. The molecule has 1 aromatic carbocycles. The highest BCUT2D eigenvalue weighted by atomic mass is 35.5. The van der Waals surface area contributed by atoms with E-state index < -0.39 is 0 Å². The molecule has 0 spiro atoms. The zero-order valence-corrected chi connectivity index (χ0v) is 14.0. The first-order valence-corrected chi connectivity index (χ1v) is 8.23. The van der Waals surface area contributed by atoms with Crippen LogP contribution in [-0.2, 0) is 11.3 Å². The topological polar surface area (TPSA) is 24.5 Å². The molecule has 1 aromatic rings. The molecule has 0 unspecified atom stereocenters. The lowest BCUT2D eigenvalue weighted by Gasteiger charge is -2.40. The lowest BCUT2D eigenvalue weighted by Crippen LogP contribution is -2.46. The van der Waals surface area contributed by atoms with Crippen LogP contribution in [0.5, 0.6) is 0 Å². The third kappa shape index (κ3) is 4.96. The third-order valence-electron chi connectivity index (χ3n) is 4.31. The van der Waals surface area contributed by atoms with Gasteiger partial charge in [-0.15, -0.1) is 0 Å². The van der Waals surface area contributed by atoms with Crippen molar-refractivity contribution in [3.8, 4) is 0 Å². The fourth-order valence-corrected chi connectivity index (χ4v) is 3.33. The molecule has 1 aliphatic heterocycles. The molecule has 1 N–H and O–H groups in total. The third-order valence-corrected chi connectivity index (χ3v) is 4.68. The molecular weight excluding hydrogens is 284 g/mol. The predicted molar refractivity (Wildman–Crippen MR) is 88.8 cm³/mol. The second-order valence-electron chi connectivity index (χ2n) is 6.16. The molecule has 21 heavy (non-hydrogen) atoms. The van der Waals surface area contributed by atoms with E-state index in [1.807, 2.05) is 12.1 Å². The van der Waals surface area contributed by atoms with Crippen molar-refractivity contribution in [3.05, 3.63) is 34.9 Å². The van der Waals surface area contributed by atoms with Gasteiger partial charge in [0.05, 0.1) is 0 Å². The monoisotopic (exact) mass is 310 g/mol. The van der Waals surface area contributed by atoms with E-state index in [0.29, 0.717) is 5.41 Å². The normalized spacial score (nSPS) is 18.1. The lowest BCUT2D eigenvalue weighted by atomic mass is 9.79. The molecule has 1 heterocycles. The SMILES string of the molecule is CCNCC1(CN(C)Cc2ccccc2Cl)CCOCC1. The lowest BCUT2D eigenvalue weighted by molar-refractivity contribution is -0.00138. The van der Waals surface area contributed by atoms with Crippen LogP contribution in [0.2, 0.25) is 5.02 Å². The van der Waals surface area contributed by atoms with Crippen LogP contribution in [0.15, 0.2) is 24.3 Å². The summed E-state index contributed by atoms with van der Waals surface area (Å²) in [5.41, 5.74) is 1.52. The van der Waals surface area contributed by atoms with Gasteiger partial charge in [-0.2, -0.15) is 0 Å². The van der Waals surface area contributed by atoms with Crippen molar-refractivity contribution in [2.24, 2.45) is 5.41 Å². The number of nitrogens with zero attached hydrogens (tertiary/aromatic N) is 1. The molecule has 1 saturated heterocycles. The molecule has 0 amide bonds. The smallest absolute Gasteiger partial charge is 0.0472 e. The van der Waals surface area contributed by atoms with E-state index in [2.05, 4.69) is 36.3 Å². The van der Waals surface area contributed by atoms with Crippen molar-refractivity contribution < 1.29 is 4.74 Å². The summed E-state index contributed by atoms with van der Waals surface area (Å²) in [5, 5.41) is 4.39. The maximum Gasteiger partial charge on any atom is 0.0472 e. The Balaban J connectivity index is 1.97. The molecule has 4 heteroatoms. The van der Waals surface area contributed by atoms with Crippen LogP contribution in [0.3, 0.4) is 0 Å². The molecule has 0 bridgehead atoms. The van der Waals surface area contributed by atoms with Crippen LogP contribution in [0, 0.1) is 5.41 Å². The van der Waals surface area contributed by atoms with E-state index in [4.69, 9.17) is 16.3 Å². The first-order valence-electron chi connectivity index (χ1n) is 7.86. The Kier molecular flexibility index (Phi) is 6.49. The molecule has 1 aliphatic rings. The number of rotatable bonds is 7. The zero-order valence-electron chi connectivity index (χ0n) is 13.2. The average molecular weight is 311 g/mol. The highest BCUT2D eigenvalue weighted by Gasteiger charge is 2.33. The van der Waals surface area contributed by atoms with Gasteiger partial charge in [-0.1, -0.05) is 36.7 Å². The molecule has 0 aromatic heterocycles.